The van der Waals surface area contributed by atoms with Crippen molar-refractivity contribution in [2.24, 2.45) is 0 Å². The van der Waals surface area contributed by atoms with E-state index in [9.17, 15) is 14.4 Å². The summed E-state index contributed by atoms with van der Waals surface area (Å²) in [6.45, 7) is 1.37. The first-order valence-corrected chi connectivity index (χ1v) is 9.36. The fourth-order valence-corrected chi connectivity index (χ4v) is 4.48. The molecule has 2 heterocycles. The number of carbonyl (C=O) groups is 2. The summed E-state index contributed by atoms with van der Waals surface area (Å²) in [5, 5.41) is 4.57. The third kappa shape index (κ3) is 2.76. The number of rotatable bonds is 3. The summed E-state index contributed by atoms with van der Waals surface area (Å²) in [5.74, 6) is -0.882. The molecule has 0 radical (unpaired) electrons. The Bertz CT molecular complexity index is 1290. The number of esters is 1. The van der Waals surface area contributed by atoms with Crippen LogP contribution in [0.15, 0.2) is 59.4 Å². The van der Waals surface area contributed by atoms with E-state index in [0.717, 1.165) is 11.3 Å². The molecule has 28 heavy (non-hydrogen) atoms. The van der Waals surface area contributed by atoms with Crippen LogP contribution in [0.2, 0.25) is 0 Å². The molecule has 6 nitrogen and oxygen atoms in total. The monoisotopic (exact) mass is 392 g/mol. The fraction of sp³-hybridized carbons (Fsp3) is 0.0952. The number of hydrogen-bond donors (Lipinski definition) is 1. The Kier molecular flexibility index (Phi) is 4.44. The molecule has 0 bridgehead atoms. The smallest absolute Gasteiger partial charge is 0.350 e. The van der Waals surface area contributed by atoms with Gasteiger partial charge in [0.05, 0.1) is 18.5 Å². The van der Waals surface area contributed by atoms with E-state index in [0.29, 0.717) is 32.4 Å². The van der Waals surface area contributed by atoms with Gasteiger partial charge in [0.2, 0.25) is 5.91 Å². The molecule has 1 amide bonds. The predicted octanol–water partition coefficient (Wildman–Crippen LogP) is 3.95. The highest BCUT2D eigenvalue weighted by atomic mass is 32.1. The van der Waals surface area contributed by atoms with E-state index in [2.05, 4.69) is 5.32 Å². The molecule has 4 aromatic rings. The van der Waals surface area contributed by atoms with Crippen molar-refractivity contribution in [3.8, 4) is 5.69 Å². The second-order valence-corrected chi connectivity index (χ2v) is 7.18. The Morgan fingerprint density at radius 3 is 2.29 bits per heavy atom. The molecule has 0 aliphatic heterocycles. The highest BCUT2D eigenvalue weighted by molar-refractivity contribution is 7.21. The SMILES string of the molecule is COC(=O)c1sc2c(c1NC(C)=O)c1ccccc1c(=O)n2-c1ccccc1. The molecule has 4 rings (SSSR count). The Labute approximate surface area is 164 Å². The lowest BCUT2D eigenvalue weighted by atomic mass is 10.1. The third-order valence-electron chi connectivity index (χ3n) is 4.41. The van der Waals surface area contributed by atoms with Crippen molar-refractivity contribution in [1.82, 2.24) is 4.57 Å². The molecule has 0 aliphatic rings. The quantitative estimate of drug-likeness (QED) is 0.536. The topological polar surface area (TPSA) is 77.4 Å². The molecular weight excluding hydrogens is 376 g/mol. The van der Waals surface area contributed by atoms with Crippen molar-refractivity contribution in [1.29, 1.82) is 0 Å². The molecule has 7 heteroatoms. The zero-order valence-electron chi connectivity index (χ0n) is 15.2. The number of benzene rings is 2. The fourth-order valence-electron chi connectivity index (χ4n) is 3.27. The normalized spacial score (nSPS) is 10.9. The molecule has 0 saturated carbocycles. The number of pyridine rings is 1. The second kappa shape index (κ2) is 6.94. The number of amides is 1. The van der Waals surface area contributed by atoms with Crippen LogP contribution >= 0.6 is 11.3 Å². The molecule has 0 fully saturated rings. The van der Waals surface area contributed by atoms with Gasteiger partial charge < -0.3 is 10.1 Å². The van der Waals surface area contributed by atoms with Gasteiger partial charge in [-0.3, -0.25) is 14.2 Å². The van der Waals surface area contributed by atoms with Gasteiger partial charge in [0.25, 0.3) is 5.56 Å². The number of nitrogens with one attached hydrogen (secondary N) is 1. The van der Waals surface area contributed by atoms with Gasteiger partial charge in [-0.05, 0) is 23.6 Å². The zero-order valence-corrected chi connectivity index (χ0v) is 16.0. The van der Waals surface area contributed by atoms with E-state index < -0.39 is 5.97 Å². The van der Waals surface area contributed by atoms with Gasteiger partial charge in [0, 0.05) is 17.7 Å². The molecule has 2 aromatic heterocycles. The third-order valence-corrected chi connectivity index (χ3v) is 5.56. The van der Waals surface area contributed by atoms with Crippen LogP contribution in [-0.2, 0) is 9.53 Å². The summed E-state index contributed by atoms with van der Waals surface area (Å²) >= 11 is 1.12. The minimum atomic E-state index is -0.568. The maximum atomic E-state index is 13.3. The number of aromatic nitrogens is 1. The van der Waals surface area contributed by atoms with E-state index in [1.54, 1.807) is 16.7 Å². The summed E-state index contributed by atoms with van der Waals surface area (Å²) < 4.78 is 6.48. The van der Waals surface area contributed by atoms with Gasteiger partial charge in [-0.25, -0.2) is 4.79 Å². The molecule has 140 valence electrons. The van der Waals surface area contributed by atoms with Gasteiger partial charge in [0.15, 0.2) is 0 Å². The van der Waals surface area contributed by atoms with Crippen LogP contribution in [-0.4, -0.2) is 23.6 Å². The Balaban J connectivity index is 2.25. The summed E-state index contributed by atoms with van der Waals surface area (Å²) in [6.07, 6.45) is 0. The van der Waals surface area contributed by atoms with Crippen LogP contribution in [0.25, 0.3) is 26.7 Å². The van der Waals surface area contributed by atoms with Crippen molar-refractivity contribution in [2.45, 2.75) is 6.92 Å². The van der Waals surface area contributed by atoms with E-state index in [-0.39, 0.29) is 16.3 Å². The molecule has 0 atom stereocenters. The largest absolute Gasteiger partial charge is 0.465 e. The average molecular weight is 392 g/mol. The van der Waals surface area contributed by atoms with Crippen LogP contribution in [0.3, 0.4) is 0 Å². The average Bonchev–Trinajstić information content (AvgIpc) is 3.06. The zero-order chi connectivity index (χ0) is 19.8. The second-order valence-electron chi connectivity index (χ2n) is 6.18. The number of nitrogens with zero attached hydrogens (tertiary/aromatic N) is 1. The highest BCUT2D eigenvalue weighted by Gasteiger charge is 2.25. The number of hydrogen-bond acceptors (Lipinski definition) is 5. The summed E-state index contributed by atoms with van der Waals surface area (Å²) in [5.41, 5.74) is 0.844. The predicted molar refractivity (Wildman–Crippen MR) is 111 cm³/mol. The van der Waals surface area contributed by atoms with Crippen molar-refractivity contribution in [3.63, 3.8) is 0 Å². The van der Waals surface area contributed by atoms with E-state index in [4.69, 9.17) is 4.74 Å². The number of anilines is 1. The first-order chi connectivity index (χ1) is 13.5. The minimum absolute atomic E-state index is 0.193. The first-order valence-electron chi connectivity index (χ1n) is 8.54. The molecule has 0 unspecified atom stereocenters. The standard InChI is InChI=1S/C21H16N2O4S/c1-12(24)22-17-16-14-10-6-7-11-15(14)19(25)23(13-8-4-3-5-9-13)20(16)28-18(17)21(26)27-2/h3-11H,1-2H3,(H,22,24). The first kappa shape index (κ1) is 17.9. The number of carbonyl (C=O) groups excluding carboxylic acids is 2. The van der Waals surface area contributed by atoms with Crippen molar-refractivity contribution in [2.75, 3.05) is 12.4 Å². The maximum absolute atomic E-state index is 13.3. The number of para-hydroxylation sites is 1. The van der Waals surface area contributed by atoms with Gasteiger partial charge >= 0.3 is 5.97 Å². The van der Waals surface area contributed by atoms with Gasteiger partial charge in [-0.15, -0.1) is 11.3 Å². The van der Waals surface area contributed by atoms with Crippen LogP contribution in [0, 0.1) is 0 Å². The lowest BCUT2D eigenvalue weighted by Crippen LogP contribution is -2.18. The van der Waals surface area contributed by atoms with Gasteiger partial charge in [0.1, 0.15) is 9.71 Å². The number of methoxy groups -OCH3 is 1. The maximum Gasteiger partial charge on any atom is 0.350 e. The lowest BCUT2D eigenvalue weighted by Gasteiger charge is -2.11. The number of thiophene rings is 1. The Morgan fingerprint density at radius 1 is 1.00 bits per heavy atom. The van der Waals surface area contributed by atoms with Crippen molar-refractivity contribution >= 4 is 49.9 Å². The molecule has 0 saturated heterocycles. The Morgan fingerprint density at radius 2 is 1.64 bits per heavy atom. The molecule has 2 aromatic carbocycles. The molecule has 1 N–H and O–H groups in total. The molecular formula is C21H16N2O4S. The van der Waals surface area contributed by atoms with E-state index in [1.165, 1.54) is 14.0 Å². The van der Waals surface area contributed by atoms with Gasteiger partial charge in [-0.2, -0.15) is 0 Å². The number of ether oxygens (including phenoxy) is 1. The lowest BCUT2D eigenvalue weighted by molar-refractivity contribution is -0.114. The molecule has 0 spiro atoms. The van der Waals surface area contributed by atoms with E-state index >= 15 is 0 Å². The highest BCUT2D eigenvalue weighted by Crippen LogP contribution is 2.40. The minimum Gasteiger partial charge on any atom is -0.465 e. The van der Waals surface area contributed by atoms with Crippen LogP contribution < -0.4 is 10.9 Å². The van der Waals surface area contributed by atoms with Crippen LogP contribution in [0.1, 0.15) is 16.6 Å². The summed E-state index contributed by atoms with van der Waals surface area (Å²) in [6, 6.07) is 16.4. The summed E-state index contributed by atoms with van der Waals surface area (Å²) in [4.78, 5) is 38.4. The van der Waals surface area contributed by atoms with Crippen LogP contribution in [0.4, 0.5) is 5.69 Å². The Hall–Kier alpha value is -3.45. The molecule has 0 aliphatic carbocycles. The van der Waals surface area contributed by atoms with Gasteiger partial charge in [-0.1, -0.05) is 36.4 Å². The van der Waals surface area contributed by atoms with Crippen molar-refractivity contribution in [3.05, 3.63) is 69.8 Å². The van der Waals surface area contributed by atoms with Crippen LogP contribution in [0.5, 0.6) is 0 Å². The van der Waals surface area contributed by atoms with E-state index in [1.807, 2.05) is 42.5 Å². The van der Waals surface area contributed by atoms with Crippen molar-refractivity contribution < 1.29 is 14.3 Å². The summed E-state index contributed by atoms with van der Waals surface area (Å²) in [7, 11) is 1.28. The number of fused-ring (bicyclic) bond motifs is 3.